The van der Waals surface area contributed by atoms with Gasteiger partial charge >= 0.3 is 36.9 Å². The molecular formula is C36H39BFN5O11. The van der Waals surface area contributed by atoms with Crippen LogP contribution in [0.5, 0.6) is 11.5 Å². The first kappa shape index (κ1) is 39.2. The summed E-state index contributed by atoms with van der Waals surface area (Å²) in [6.45, 7) is 6.11. The minimum absolute atomic E-state index is 0.0245. The average molecular weight is 748 g/mol. The molecule has 0 spiro atoms. The third kappa shape index (κ3) is 9.12. The average Bonchev–Trinajstić information content (AvgIpc) is 3.14. The van der Waals surface area contributed by atoms with Crippen LogP contribution in [0.25, 0.3) is 0 Å². The van der Waals surface area contributed by atoms with Crippen LogP contribution in [0.3, 0.4) is 0 Å². The van der Waals surface area contributed by atoms with Crippen LogP contribution in [-0.4, -0.2) is 95.0 Å². The van der Waals surface area contributed by atoms with Crippen molar-refractivity contribution in [2.75, 3.05) is 26.4 Å². The van der Waals surface area contributed by atoms with Gasteiger partial charge in [-0.3, -0.25) is 29.1 Å². The number of para-hydroxylation sites is 1. The lowest BCUT2D eigenvalue weighted by molar-refractivity contribution is -0.161. The number of aromatic nitrogens is 1. The van der Waals surface area contributed by atoms with Gasteiger partial charge < -0.3 is 39.4 Å². The number of halogens is 1. The van der Waals surface area contributed by atoms with Gasteiger partial charge in [-0.25, -0.2) is 14.0 Å². The summed E-state index contributed by atoms with van der Waals surface area (Å²) in [7, 11) is -1.75. The summed E-state index contributed by atoms with van der Waals surface area (Å²) in [6, 6.07) is 11.5. The number of nitrogens with one attached hydrogen (secondary N) is 2. The van der Waals surface area contributed by atoms with E-state index in [1.165, 1.54) is 17.0 Å². The van der Waals surface area contributed by atoms with Gasteiger partial charge in [0.25, 0.3) is 0 Å². The number of rotatable bonds is 11. The predicted molar refractivity (Wildman–Crippen MR) is 187 cm³/mol. The largest absolute Gasteiger partial charge is 0.547 e. The van der Waals surface area contributed by atoms with Crippen LogP contribution in [0.1, 0.15) is 60.9 Å². The molecule has 16 nitrogen and oxygen atoms in total. The van der Waals surface area contributed by atoms with Crippen LogP contribution in [0, 0.1) is 11.2 Å². The van der Waals surface area contributed by atoms with E-state index in [0.29, 0.717) is 10.5 Å². The van der Waals surface area contributed by atoms with E-state index in [9.17, 15) is 33.8 Å². The molecule has 0 radical (unpaired) electrons. The first-order valence-electron chi connectivity index (χ1n) is 17.0. The minimum Gasteiger partial charge on any atom is -0.534 e. The molecule has 2 atom stereocenters. The number of hydrogen-bond acceptors (Lipinski definition) is 12. The van der Waals surface area contributed by atoms with Gasteiger partial charge in [0.1, 0.15) is 29.4 Å². The molecule has 1 unspecified atom stereocenters. The smallest absolute Gasteiger partial charge is 0.534 e. The van der Waals surface area contributed by atoms with Crippen molar-refractivity contribution in [3.8, 4) is 11.5 Å². The van der Waals surface area contributed by atoms with Crippen LogP contribution in [0.15, 0.2) is 60.8 Å². The summed E-state index contributed by atoms with van der Waals surface area (Å²) in [6.07, 6.45) is 1.05. The normalized spacial score (nSPS) is 16.1. The third-order valence-electron chi connectivity index (χ3n) is 8.49. The van der Waals surface area contributed by atoms with E-state index < -0.39 is 78.5 Å². The molecule has 1 fully saturated rings. The molecule has 3 aromatic rings. The summed E-state index contributed by atoms with van der Waals surface area (Å²) >= 11 is 0. The highest BCUT2D eigenvalue weighted by Gasteiger charge is 2.42. The number of amides is 5. The Bertz CT molecular complexity index is 1930. The zero-order valence-electron chi connectivity index (χ0n) is 30.0. The maximum Gasteiger partial charge on any atom is 0.547 e. The first-order valence-corrected chi connectivity index (χ1v) is 17.0. The van der Waals surface area contributed by atoms with Gasteiger partial charge in [0.15, 0.2) is 11.9 Å². The van der Waals surface area contributed by atoms with Crippen molar-refractivity contribution >= 4 is 42.8 Å². The van der Waals surface area contributed by atoms with E-state index in [4.69, 9.17) is 18.9 Å². The highest BCUT2D eigenvalue weighted by atomic mass is 19.1. The molecule has 1 aromatic heterocycles. The van der Waals surface area contributed by atoms with Gasteiger partial charge in [-0.1, -0.05) is 42.5 Å². The fourth-order valence-electron chi connectivity index (χ4n) is 5.50. The van der Waals surface area contributed by atoms with Crippen LogP contribution < -0.4 is 20.0 Å². The van der Waals surface area contributed by atoms with Gasteiger partial charge in [-0.05, 0) is 51.3 Å². The van der Waals surface area contributed by atoms with Crippen molar-refractivity contribution in [3.05, 3.63) is 89.0 Å². The minimum atomic E-state index is -1.88. The Balaban J connectivity index is 1.34. The van der Waals surface area contributed by atoms with Crippen molar-refractivity contribution < 1.29 is 57.0 Å². The number of esters is 2. The summed E-state index contributed by atoms with van der Waals surface area (Å²) in [5, 5.41) is 15.8. The zero-order chi connectivity index (χ0) is 39.2. The Labute approximate surface area is 310 Å². The Morgan fingerprint density at radius 1 is 1.06 bits per heavy atom. The Kier molecular flexibility index (Phi) is 12.2. The van der Waals surface area contributed by atoms with E-state index in [-0.39, 0.29) is 49.7 Å². The van der Waals surface area contributed by atoms with Crippen LogP contribution in [0.4, 0.5) is 9.18 Å². The topological polar surface area (TPSA) is 203 Å². The van der Waals surface area contributed by atoms with Crippen molar-refractivity contribution in [2.45, 2.75) is 52.7 Å². The molecule has 2 aliphatic rings. The van der Waals surface area contributed by atoms with Crippen molar-refractivity contribution in [2.24, 2.45) is 5.41 Å². The second kappa shape index (κ2) is 16.8. The molecule has 0 bridgehead atoms. The number of carbonyl (C=O) groups is 6. The molecule has 1 saturated heterocycles. The monoisotopic (exact) mass is 747 g/mol. The lowest BCUT2D eigenvalue weighted by Crippen LogP contribution is -2.60. The number of hydrogen-bond donors (Lipinski definition) is 3. The van der Waals surface area contributed by atoms with Crippen molar-refractivity contribution in [1.82, 2.24) is 25.4 Å². The highest BCUT2D eigenvalue weighted by molar-refractivity contribution is 6.47. The molecule has 5 rings (SSSR count). The molecular weight excluding hydrogens is 708 g/mol. The fourth-order valence-corrected chi connectivity index (χ4v) is 5.50. The van der Waals surface area contributed by atoms with Crippen molar-refractivity contribution in [3.63, 3.8) is 0 Å². The van der Waals surface area contributed by atoms with E-state index in [2.05, 4.69) is 15.6 Å². The Hall–Kier alpha value is -6.04. The van der Waals surface area contributed by atoms with E-state index in [1.807, 2.05) is 30.3 Å². The van der Waals surface area contributed by atoms with Gasteiger partial charge in [0.05, 0.1) is 17.6 Å². The lowest BCUT2D eigenvalue weighted by atomic mass is 9.72. The zero-order valence-corrected chi connectivity index (χ0v) is 30.0. The van der Waals surface area contributed by atoms with Gasteiger partial charge in [0, 0.05) is 25.7 Å². The van der Waals surface area contributed by atoms with Gasteiger partial charge in [-0.2, -0.15) is 0 Å². The summed E-state index contributed by atoms with van der Waals surface area (Å²) in [5.41, 5.74) is -0.293. The number of urea groups is 1. The van der Waals surface area contributed by atoms with Crippen LogP contribution >= 0.6 is 0 Å². The molecule has 3 heterocycles. The number of pyridine rings is 1. The van der Waals surface area contributed by atoms with Gasteiger partial charge in [0.2, 0.25) is 12.7 Å². The molecule has 0 aliphatic carbocycles. The molecule has 54 heavy (non-hydrogen) atoms. The maximum atomic E-state index is 15.7. The number of likely N-dealkylation sites (N-methyl/N-ethyl adjacent to an activating group) is 1. The lowest BCUT2D eigenvalue weighted by Gasteiger charge is -2.33. The summed E-state index contributed by atoms with van der Waals surface area (Å²) < 4.78 is 37.1. The Morgan fingerprint density at radius 3 is 2.48 bits per heavy atom. The molecule has 2 aliphatic heterocycles. The van der Waals surface area contributed by atoms with Crippen molar-refractivity contribution in [1.29, 1.82) is 0 Å². The standard InChI is InChI=1S/C36H39BFN5O11/c1-5-42-14-15-43(32(46)31(42)45)35(49)41-28(27-25(38)17-23(18-39-27)51-19-21-10-7-6-8-11-21)30(44)40-26-16-22-12-9-13-24(29(22)54-37(26)50)33(47)52-20-53-34(48)36(2,3)4/h6-13,17-18,26,28,50H,5,14-16,19-20H2,1-4H3,(H,40,44)(H,41,49)/t26-,28?/m0/s1. The summed E-state index contributed by atoms with van der Waals surface area (Å²) in [4.78, 5) is 83.3. The predicted octanol–water partition coefficient (Wildman–Crippen LogP) is 2.08. The molecule has 2 aromatic carbocycles. The fraction of sp³-hybridized carbons (Fsp3) is 0.361. The molecule has 3 N–H and O–H groups in total. The number of carbonyl (C=O) groups excluding carboxylic acids is 6. The van der Waals surface area contributed by atoms with E-state index in [1.54, 1.807) is 33.8 Å². The first-order chi connectivity index (χ1) is 25.7. The number of imide groups is 1. The van der Waals surface area contributed by atoms with Crippen LogP contribution in [-0.2, 0) is 41.7 Å². The summed E-state index contributed by atoms with van der Waals surface area (Å²) in [5.74, 6) is -6.85. The number of nitrogens with zero attached hydrogens (tertiary/aromatic N) is 3. The Morgan fingerprint density at radius 2 is 1.80 bits per heavy atom. The van der Waals surface area contributed by atoms with E-state index in [0.717, 1.165) is 17.8 Å². The third-order valence-corrected chi connectivity index (χ3v) is 8.49. The van der Waals surface area contributed by atoms with Crippen LogP contribution in [0.2, 0.25) is 0 Å². The SMILES string of the molecule is CCN1CCN(C(=O)NC(C(=O)N[C@H]2Cc3cccc(C(=O)OCOC(=O)C(C)(C)C)c3OB2O)c2ncc(OCc3ccccc3)cc2F)C(=O)C1=O. The number of ether oxygens (including phenoxy) is 3. The molecule has 5 amide bonds. The second-order valence-corrected chi connectivity index (χ2v) is 13.4. The van der Waals surface area contributed by atoms with E-state index >= 15 is 4.39 Å². The number of benzene rings is 2. The number of piperazine rings is 1. The maximum absolute atomic E-state index is 15.7. The van der Waals surface area contributed by atoms with Gasteiger partial charge in [-0.15, -0.1) is 0 Å². The quantitative estimate of drug-likeness (QED) is 0.112. The second-order valence-electron chi connectivity index (χ2n) is 13.4. The number of fused-ring (bicyclic) bond motifs is 1. The molecule has 18 heteroatoms. The molecule has 284 valence electrons. The molecule has 0 saturated carbocycles. The highest BCUT2D eigenvalue weighted by Crippen LogP contribution is 2.31.